The molecule has 0 aliphatic carbocycles. The molecule has 2 aromatic rings. The Labute approximate surface area is 174 Å². The maximum absolute atomic E-state index is 13.1. The van der Waals surface area contributed by atoms with Crippen LogP contribution in [0, 0.1) is 10.1 Å². The Morgan fingerprint density at radius 2 is 1.61 bits per heavy atom. The number of carbonyl (C=O) groups is 4. The molecule has 2 aromatic carbocycles. The van der Waals surface area contributed by atoms with E-state index >= 15 is 0 Å². The molecule has 1 fully saturated rings. The van der Waals surface area contributed by atoms with E-state index in [1.165, 1.54) is 37.4 Å². The number of imide groups is 2. The largest absolute Gasteiger partial charge is 0.493 e. The molecule has 31 heavy (non-hydrogen) atoms. The van der Waals surface area contributed by atoms with Crippen LogP contribution in [0.25, 0.3) is 0 Å². The molecule has 0 atom stereocenters. The van der Waals surface area contributed by atoms with Crippen molar-refractivity contribution in [2.45, 2.75) is 5.54 Å². The fraction of sp³-hybridized carbons (Fsp3) is 0.158. The molecule has 160 valence electrons. The zero-order chi connectivity index (χ0) is 22.8. The number of hydrogen-bond acceptors (Lipinski definition) is 8. The molecule has 3 rings (SSSR count). The minimum Gasteiger partial charge on any atom is -0.493 e. The number of nitro benzene ring substituents is 1. The second-order valence-corrected chi connectivity index (χ2v) is 6.26. The Morgan fingerprint density at radius 1 is 1.00 bits per heavy atom. The summed E-state index contributed by atoms with van der Waals surface area (Å²) in [5.41, 5.74) is -3.53. The lowest BCUT2D eigenvalue weighted by atomic mass is 9.86. The number of nitrogens with zero attached hydrogens (tertiary/aromatic N) is 1. The number of urea groups is 1. The number of nitro groups is 1. The van der Waals surface area contributed by atoms with Crippen molar-refractivity contribution >= 4 is 29.4 Å². The number of hydrogen-bond donors (Lipinski definition) is 3. The van der Waals surface area contributed by atoms with Gasteiger partial charge in [-0.2, -0.15) is 0 Å². The molecule has 0 bridgehead atoms. The highest BCUT2D eigenvalue weighted by Gasteiger charge is 2.53. The van der Waals surface area contributed by atoms with Crippen LogP contribution in [-0.4, -0.2) is 42.9 Å². The summed E-state index contributed by atoms with van der Waals surface area (Å²) >= 11 is 0. The van der Waals surface area contributed by atoms with Crippen LogP contribution < -0.4 is 25.4 Å². The Balaban J connectivity index is 2.15. The summed E-state index contributed by atoms with van der Waals surface area (Å²) in [5.74, 6) is -3.69. The number of nitrogens with one attached hydrogen (secondary N) is 3. The first kappa shape index (κ1) is 21.2. The minimum absolute atomic E-state index is 0.00210. The third-order valence-electron chi connectivity index (χ3n) is 4.59. The minimum atomic E-state index is -2.35. The average Bonchev–Trinajstić information content (AvgIpc) is 2.75. The topological polar surface area (TPSA) is 166 Å². The molecule has 1 aliphatic rings. The predicted molar refractivity (Wildman–Crippen MR) is 103 cm³/mol. The first-order valence-electron chi connectivity index (χ1n) is 8.70. The summed E-state index contributed by atoms with van der Waals surface area (Å²) in [5, 5.41) is 17.8. The van der Waals surface area contributed by atoms with Gasteiger partial charge < -0.3 is 14.8 Å². The van der Waals surface area contributed by atoms with Gasteiger partial charge in [0.15, 0.2) is 5.75 Å². The van der Waals surface area contributed by atoms with Crippen LogP contribution in [0.2, 0.25) is 0 Å². The van der Waals surface area contributed by atoms with E-state index in [2.05, 4.69) is 5.32 Å². The van der Waals surface area contributed by atoms with Gasteiger partial charge in [0.05, 0.1) is 19.1 Å². The summed E-state index contributed by atoms with van der Waals surface area (Å²) in [6.45, 7) is 0. The van der Waals surface area contributed by atoms with Crippen LogP contribution in [0.3, 0.4) is 0 Å². The van der Waals surface area contributed by atoms with Gasteiger partial charge in [-0.15, -0.1) is 0 Å². The third kappa shape index (κ3) is 3.50. The molecule has 0 radical (unpaired) electrons. The van der Waals surface area contributed by atoms with Gasteiger partial charge >= 0.3 is 11.7 Å². The number of rotatable bonds is 6. The summed E-state index contributed by atoms with van der Waals surface area (Å²) in [7, 11) is 2.42. The highest BCUT2D eigenvalue weighted by molar-refractivity contribution is 6.24. The molecule has 0 saturated carbocycles. The van der Waals surface area contributed by atoms with Crippen LogP contribution in [0.5, 0.6) is 11.5 Å². The number of amides is 5. The monoisotopic (exact) mass is 428 g/mol. The predicted octanol–water partition coefficient (Wildman–Crippen LogP) is 0.603. The highest BCUT2D eigenvalue weighted by atomic mass is 16.6. The van der Waals surface area contributed by atoms with Crippen LogP contribution in [0.4, 0.5) is 10.5 Å². The number of carbonyl (C=O) groups excluding carboxylic acids is 4. The van der Waals surface area contributed by atoms with E-state index in [0.717, 1.165) is 13.2 Å². The normalized spacial score (nSPS) is 14.8. The fourth-order valence-electron chi connectivity index (χ4n) is 3.18. The van der Waals surface area contributed by atoms with Gasteiger partial charge in [-0.25, -0.2) is 4.79 Å². The number of methoxy groups -OCH3 is 2. The van der Waals surface area contributed by atoms with Crippen molar-refractivity contribution in [3.05, 3.63) is 63.7 Å². The molecule has 5 amide bonds. The molecule has 1 aliphatic heterocycles. The summed E-state index contributed by atoms with van der Waals surface area (Å²) in [6.07, 6.45) is 0. The molecule has 12 nitrogen and oxygen atoms in total. The molecule has 0 unspecified atom stereocenters. The molecular formula is C19H16N4O8. The molecule has 3 N–H and O–H groups in total. The Bertz CT molecular complexity index is 1080. The van der Waals surface area contributed by atoms with Gasteiger partial charge in [0, 0.05) is 0 Å². The lowest BCUT2D eigenvalue weighted by molar-refractivity contribution is -0.386. The standard InChI is InChI=1S/C19H16N4O8/c1-30-12-9-8-11(13(23(28)29)14(12)31-2)15(24)22-19(10-6-4-3-5-7-10)16(25)20-18(27)21-17(19)26/h3-9H,1-2H3,(H,22,24)(H2,20,21,25,26,27). The van der Waals surface area contributed by atoms with Gasteiger partial charge in [0.2, 0.25) is 11.3 Å². The highest BCUT2D eigenvalue weighted by Crippen LogP contribution is 2.39. The SMILES string of the molecule is COc1ccc(C(=O)NC2(c3ccccc3)C(=O)NC(=O)NC2=O)c([N+](=O)[O-])c1OC. The zero-order valence-electron chi connectivity index (χ0n) is 16.3. The van der Waals surface area contributed by atoms with E-state index in [9.17, 15) is 29.3 Å². The number of ether oxygens (including phenoxy) is 2. The van der Waals surface area contributed by atoms with Gasteiger partial charge in [-0.3, -0.25) is 35.1 Å². The molecule has 0 aromatic heterocycles. The zero-order valence-corrected chi connectivity index (χ0v) is 16.3. The summed E-state index contributed by atoms with van der Waals surface area (Å²) < 4.78 is 10.0. The van der Waals surface area contributed by atoms with Crippen molar-refractivity contribution in [3.8, 4) is 11.5 Å². The van der Waals surface area contributed by atoms with Gasteiger partial charge in [0.25, 0.3) is 17.7 Å². The maximum atomic E-state index is 13.1. The van der Waals surface area contributed by atoms with Gasteiger partial charge in [-0.1, -0.05) is 30.3 Å². The second kappa shape index (κ2) is 8.10. The van der Waals surface area contributed by atoms with E-state index < -0.39 is 45.5 Å². The van der Waals surface area contributed by atoms with Crippen LogP contribution in [0.15, 0.2) is 42.5 Å². The van der Waals surface area contributed by atoms with Crippen molar-refractivity contribution in [2.24, 2.45) is 0 Å². The number of benzene rings is 2. The van der Waals surface area contributed by atoms with E-state index in [4.69, 9.17) is 9.47 Å². The van der Waals surface area contributed by atoms with Gasteiger partial charge in [0.1, 0.15) is 5.56 Å². The van der Waals surface area contributed by atoms with Crippen molar-refractivity contribution in [3.63, 3.8) is 0 Å². The van der Waals surface area contributed by atoms with E-state index in [1.807, 2.05) is 10.6 Å². The second-order valence-electron chi connectivity index (χ2n) is 6.26. The van der Waals surface area contributed by atoms with Crippen molar-refractivity contribution < 1.29 is 33.6 Å². The van der Waals surface area contributed by atoms with Crippen LogP contribution in [-0.2, 0) is 15.1 Å². The van der Waals surface area contributed by atoms with Crippen LogP contribution >= 0.6 is 0 Å². The maximum Gasteiger partial charge on any atom is 0.328 e. The van der Waals surface area contributed by atoms with E-state index in [1.54, 1.807) is 6.07 Å². The Hall–Kier alpha value is -4.48. The summed E-state index contributed by atoms with van der Waals surface area (Å²) in [6, 6.07) is 8.71. The van der Waals surface area contributed by atoms with Gasteiger partial charge in [-0.05, 0) is 17.7 Å². The first-order valence-corrected chi connectivity index (χ1v) is 8.70. The van der Waals surface area contributed by atoms with E-state index in [-0.39, 0.29) is 17.1 Å². The Kier molecular flexibility index (Phi) is 5.55. The van der Waals surface area contributed by atoms with Crippen molar-refractivity contribution in [1.82, 2.24) is 16.0 Å². The molecule has 1 saturated heterocycles. The first-order chi connectivity index (χ1) is 14.8. The van der Waals surface area contributed by atoms with Crippen molar-refractivity contribution in [1.29, 1.82) is 0 Å². The lowest BCUT2D eigenvalue weighted by Crippen LogP contribution is -2.71. The fourth-order valence-corrected chi connectivity index (χ4v) is 3.18. The molecule has 1 heterocycles. The summed E-state index contributed by atoms with van der Waals surface area (Å²) in [4.78, 5) is 61.0. The smallest absolute Gasteiger partial charge is 0.328 e. The molecule has 0 spiro atoms. The quantitative estimate of drug-likeness (QED) is 0.342. The van der Waals surface area contributed by atoms with Crippen LogP contribution in [0.1, 0.15) is 15.9 Å². The molecular weight excluding hydrogens is 412 g/mol. The van der Waals surface area contributed by atoms with E-state index in [0.29, 0.717) is 0 Å². The Morgan fingerprint density at radius 3 is 2.13 bits per heavy atom. The third-order valence-corrected chi connectivity index (χ3v) is 4.59. The lowest BCUT2D eigenvalue weighted by Gasteiger charge is -2.34. The van der Waals surface area contributed by atoms with Crippen molar-refractivity contribution in [2.75, 3.05) is 14.2 Å². The number of barbiturate groups is 1. The molecule has 12 heteroatoms. The average molecular weight is 428 g/mol.